The van der Waals surface area contributed by atoms with Crippen LogP contribution in [0.4, 0.5) is 0 Å². The summed E-state index contributed by atoms with van der Waals surface area (Å²) >= 11 is 0. The summed E-state index contributed by atoms with van der Waals surface area (Å²) in [6, 6.07) is 14.6. The highest BCUT2D eigenvalue weighted by Crippen LogP contribution is 2.26. The van der Waals surface area contributed by atoms with Crippen LogP contribution < -0.4 is 26.3 Å². The molecule has 0 spiro atoms. The van der Waals surface area contributed by atoms with Gasteiger partial charge in [0.05, 0.1) is 6.61 Å². The van der Waals surface area contributed by atoms with E-state index < -0.39 is 0 Å². The number of hydrogen-bond donors (Lipinski definition) is 0. The Bertz CT molecular complexity index is 962. The van der Waals surface area contributed by atoms with Crippen molar-refractivity contribution in [1.82, 2.24) is 4.57 Å². The number of nitrogens with zero attached hydrogens (tertiary/aromatic N) is 2. The Morgan fingerprint density at radius 3 is 2.96 bits per heavy atom. The highest BCUT2D eigenvalue weighted by atomic mass is 79.9. The van der Waals surface area contributed by atoms with Gasteiger partial charge in [0.15, 0.2) is 16.8 Å². The van der Waals surface area contributed by atoms with Crippen LogP contribution in [0.15, 0.2) is 61.4 Å². The number of halogens is 1. The van der Waals surface area contributed by atoms with Crippen LogP contribution in [0, 0.1) is 0 Å². The predicted molar refractivity (Wildman–Crippen MR) is 96.7 cm³/mol. The van der Waals surface area contributed by atoms with Crippen molar-refractivity contribution in [3.63, 3.8) is 0 Å². The molecule has 0 fully saturated rings. The molecule has 0 unspecified atom stereocenters. The Kier molecular flexibility index (Phi) is 5.57. The van der Waals surface area contributed by atoms with Gasteiger partial charge in [0.25, 0.3) is 0 Å². The monoisotopic (exact) mass is 412 g/mol. The molecule has 4 rings (SSSR count). The number of imidazole rings is 1. The molecule has 0 atom stereocenters. The number of rotatable bonds is 6. The van der Waals surface area contributed by atoms with Crippen molar-refractivity contribution < 1.29 is 31.1 Å². The second kappa shape index (κ2) is 7.87. The molecule has 0 saturated carbocycles. The molecular formula is C21H21BrN2O2. The first-order valence-electron chi connectivity index (χ1n) is 8.59. The molecule has 2 heterocycles. The van der Waals surface area contributed by atoms with Crippen LogP contribution >= 0.6 is 0 Å². The molecule has 3 aromatic rings. The zero-order valence-electron chi connectivity index (χ0n) is 14.5. The van der Waals surface area contributed by atoms with Gasteiger partial charge in [-0.05, 0) is 35.4 Å². The second-order valence-electron chi connectivity index (χ2n) is 6.43. The van der Waals surface area contributed by atoms with E-state index in [-0.39, 0.29) is 22.8 Å². The SMILES string of the molecule is C=CCC(=O)Cn1c[n+](Cc2ccc3c(c2)CCO3)c2ccccc21.[Br-]. The average Bonchev–Trinajstić information content (AvgIpc) is 3.20. The molecule has 0 N–H and O–H groups in total. The van der Waals surface area contributed by atoms with Crippen LogP contribution in [0.5, 0.6) is 5.75 Å². The topological polar surface area (TPSA) is 35.1 Å². The number of carbonyl (C=O) groups excluding carboxylic acids is 1. The van der Waals surface area contributed by atoms with Crippen LogP contribution in [0.1, 0.15) is 17.5 Å². The third-order valence-corrected chi connectivity index (χ3v) is 4.60. The Balaban J connectivity index is 0.00000196. The van der Waals surface area contributed by atoms with Gasteiger partial charge in [-0.3, -0.25) is 4.79 Å². The van der Waals surface area contributed by atoms with E-state index in [1.165, 1.54) is 11.1 Å². The van der Waals surface area contributed by atoms with E-state index in [9.17, 15) is 4.79 Å². The fourth-order valence-corrected chi connectivity index (χ4v) is 3.45. The lowest BCUT2D eigenvalue weighted by Gasteiger charge is -2.02. The molecule has 0 amide bonds. The van der Waals surface area contributed by atoms with E-state index in [1.807, 2.05) is 23.0 Å². The van der Waals surface area contributed by atoms with Crippen molar-refractivity contribution in [3.8, 4) is 5.75 Å². The van der Waals surface area contributed by atoms with Gasteiger partial charge in [-0.1, -0.05) is 24.3 Å². The zero-order chi connectivity index (χ0) is 17.2. The zero-order valence-corrected chi connectivity index (χ0v) is 16.1. The number of fused-ring (bicyclic) bond motifs is 2. The number of Topliss-reactive ketones (excluding diaryl/α,β-unsaturated/α-hetero) is 1. The fraction of sp³-hybridized carbons (Fsp3) is 0.238. The minimum absolute atomic E-state index is 0. The van der Waals surface area contributed by atoms with Crippen molar-refractivity contribution in [2.24, 2.45) is 0 Å². The maximum atomic E-state index is 12.0. The van der Waals surface area contributed by atoms with Crippen LogP contribution in [-0.4, -0.2) is 17.0 Å². The third kappa shape index (κ3) is 3.58. The van der Waals surface area contributed by atoms with Crippen molar-refractivity contribution in [3.05, 3.63) is 72.6 Å². The first-order chi connectivity index (χ1) is 12.2. The molecular weight excluding hydrogens is 392 g/mol. The molecule has 1 aliphatic heterocycles. The maximum Gasteiger partial charge on any atom is 0.245 e. The standard InChI is InChI=1S/C21H21N2O2.BrH/c1-2-5-18(24)14-23-15-22(19-6-3-4-7-20(19)23)13-16-8-9-21-17(12-16)10-11-25-21;/h2-4,6-9,12,15H,1,5,10-11,13-14H2;1H/q+1;/p-1. The number of allylic oxidation sites excluding steroid dienone is 1. The van der Waals surface area contributed by atoms with Gasteiger partial charge < -0.3 is 21.7 Å². The first-order valence-corrected chi connectivity index (χ1v) is 8.59. The highest BCUT2D eigenvalue weighted by Gasteiger charge is 2.18. The van der Waals surface area contributed by atoms with Crippen LogP contribution in [0.25, 0.3) is 11.0 Å². The minimum atomic E-state index is 0. The van der Waals surface area contributed by atoms with E-state index in [2.05, 4.69) is 41.5 Å². The predicted octanol–water partition coefficient (Wildman–Crippen LogP) is 0.0612. The summed E-state index contributed by atoms with van der Waals surface area (Å²) in [6.07, 6.45) is 5.08. The highest BCUT2D eigenvalue weighted by molar-refractivity contribution is 5.81. The molecule has 0 bridgehead atoms. The Hall–Kier alpha value is -2.40. The average molecular weight is 413 g/mol. The summed E-state index contributed by atoms with van der Waals surface area (Å²) in [6.45, 7) is 5.57. The van der Waals surface area contributed by atoms with Gasteiger partial charge in [0.1, 0.15) is 18.8 Å². The largest absolute Gasteiger partial charge is 1.00 e. The van der Waals surface area contributed by atoms with E-state index in [4.69, 9.17) is 4.74 Å². The van der Waals surface area contributed by atoms with Gasteiger partial charge in [-0.2, -0.15) is 0 Å². The van der Waals surface area contributed by atoms with Gasteiger partial charge >= 0.3 is 0 Å². The molecule has 4 nitrogen and oxygen atoms in total. The molecule has 1 aliphatic rings. The molecule has 134 valence electrons. The fourth-order valence-electron chi connectivity index (χ4n) is 3.45. The summed E-state index contributed by atoms with van der Waals surface area (Å²) in [4.78, 5) is 12.0. The number of aromatic nitrogens is 2. The number of ketones is 1. The lowest BCUT2D eigenvalue weighted by atomic mass is 10.1. The summed E-state index contributed by atoms with van der Waals surface area (Å²) in [7, 11) is 0. The molecule has 26 heavy (non-hydrogen) atoms. The summed E-state index contributed by atoms with van der Waals surface area (Å²) in [5.41, 5.74) is 4.73. The van der Waals surface area contributed by atoms with Crippen LogP contribution in [0.3, 0.4) is 0 Å². The lowest BCUT2D eigenvalue weighted by Crippen LogP contribution is -3.00. The molecule has 2 aromatic carbocycles. The number of carbonyl (C=O) groups is 1. The Morgan fingerprint density at radius 1 is 1.27 bits per heavy atom. The first kappa shape index (κ1) is 18.4. The van der Waals surface area contributed by atoms with E-state index in [0.29, 0.717) is 13.0 Å². The molecule has 0 aliphatic carbocycles. The molecule has 5 heteroatoms. The maximum absolute atomic E-state index is 12.0. The van der Waals surface area contributed by atoms with E-state index >= 15 is 0 Å². The molecule has 1 aromatic heterocycles. The van der Waals surface area contributed by atoms with Crippen LogP contribution in [-0.2, 0) is 24.3 Å². The smallest absolute Gasteiger partial charge is 0.245 e. The summed E-state index contributed by atoms with van der Waals surface area (Å²) < 4.78 is 9.82. The normalized spacial score (nSPS) is 12.3. The second-order valence-corrected chi connectivity index (χ2v) is 6.43. The van der Waals surface area contributed by atoms with Crippen molar-refractivity contribution >= 4 is 16.8 Å². The summed E-state index contributed by atoms with van der Waals surface area (Å²) in [5.74, 6) is 1.17. The van der Waals surface area contributed by atoms with E-state index in [1.54, 1.807) is 6.08 Å². The van der Waals surface area contributed by atoms with Gasteiger partial charge in [-0.25, -0.2) is 9.13 Å². The van der Waals surface area contributed by atoms with Crippen molar-refractivity contribution in [2.75, 3.05) is 6.61 Å². The summed E-state index contributed by atoms with van der Waals surface area (Å²) in [5, 5.41) is 0. The van der Waals surface area contributed by atoms with Crippen LogP contribution in [0.2, 0.25) is 0 Å². The third-order valence-electron chi connectivity index (χ3n) is 4.60. The Morgan fingerprint density at radius 2 is 2.12 bits per heavy atom. The molecule has 0 saturated heterocycles. The number of benzene rings is 2. The number of para-hydroxylation sites is 2. The van der Waals surface area contributed by atoms with Crippen molar-refractivity contribution in [1.29, 1.82) is 0 Å². The quantitative estimate of drug-likeness (QED) is 0.423. The number of ether oxygens (including phenoxy) is 1. The molecule has 0 radical (unpaired) electrons. The van der Waals surface area contributed by atoms with Gasteiger partial charge in [0, 0.05) is 12.8 Å². The Labute approximate surface area is 163 Å². The lowest BCUT2D eigenvalue weighted by molar-refractivity contribution is -0.663. The minimum Gasteiger partial charge on any atom is -1.00 e. The van der Waals surface area contributed by atoms with Gasteiger partial charge in [-0.15, -0.1) is 6.58 Å². The van der Waals surface area contributed by atoms with E-state index in [0.717, 1.165) is 36.4 Å². The number of hydrogen-bond acceptors (Lipinski definition) is 2. The van der Waals surface area contributed by atoms with Gasteiger partial charge in [0.2, 0.25) is 6.33 Å². The van der Waals surface area contributed by atoms with Crippen molar-refractivity contribution in [2.45, 2.75) is 25.9 Å².